The molecule has 0 aromatic rings. The number of aliphatic hydroxyl groups excluding tert-OH is 1. The monoisotopic (exact) mass is 1540 g/mol. The molecule has 0 aliphatic carbocycles. The third kappa shape index (κ3) is 69.6. The molecular weight excluding hydrogens is 1380 g/mol. The van der Waals surface area contributed by atoms with Crippen molar-refractivity contribution in [3.05, 3.63) is 222 Å². The normalized spacial score (nSPS) is 16.2. The molecule has 0 fully saturated rings. The Morgan fingerprint density at radius 3 is 0.514 bits per heavy atom. The molecule has 0 aromatic carbocycles. The number of rotatable bonds is 63. The van der Waals surface area contributed by atoms with E-state index in [4.69, 9.17) is 19.4 Å². The summed E-state index contributed by atoms with van der Waals surface area (Å²) in [5, 5.41) is 9.12. The summed E-state index contributed by atoms with van der Waals surface area (Å²) < 4.78 is 31.1. The Hall–Kier alpha value is -4.88. The van der Waals surface area contributed by atoms with E-state index >= 15 is 0 Å². The summed E-state index contributed by atoms with van der Waals surface area (Å²) in [5.41, 5.74) is 26.7. The molecule has 4 N–H and O–H groups in total. The van der Waals surface area contributed by atoms with E-state index in [0.29, 0.717) is 18.9 Å². The lowest BCUT2D eigenvalue weighted by Crippen LogP contribution is -1.97. The first-order valence-electron chi connectivity index (χ1n) is 42.5. The minimum absolute atomic E-state index is 0.0693. The molecule has 0 rings (SSSR count). The Kier molecular flexibility index (Phi) is 62.6. The second kappa shape index (κ2) is 65.5. The van der Waals surface area contributed by atoms with Gasteiger partial charge >= 0.3 is 15.6 Å². The second-order valence-corrected chi connectivity index (χ2v) is 35.5. The van der Waals surface area contributed by atoms with Crippen LogP contribution in [0.4, 0.5) is 0 Å². The van der Waals surface area contributed by atoms with Gasteiger partial charge in [0.2, 0.25) is 0 Å². The van der Waals surface area contributed by atoms with Gasteiger partial charge in [0.1, 0.15) is 5.76 Å². The molecule has 109 heavy (non-hydrogen) atoms. The van der Waals surface area contributed by atoms with Crippen molar-refractivity contribution in [3.63, 3.8) is 0 Å². The fourth-order valence-electron chi connectivity index (χ4n) is 13.0. The van der Waals surface area contributed by atoms with Crippen LogP contribution in [0.5, 0.6) is 0 Å². The molecular formula is C99H164O8P2. The van der Waals surface area contributed by atoms with Gasteiger partial charge in [-0.25, -0.2) is 9.13 Å². The van der Waals surface area contributed by atoms with Crippen LogP contribution < -0.4 is 0 Å². The van der Waals surface area contributed by atoms with E-state index < -0.39 is 15.6 Å². The van der Waals surface area contributed by atoms with Crippen molar-refractivity contribution in [3.8, 4) is 0 Å². The maximum atomic E-state index is 11.7. The van der Waals surface area contributed by atoms with Gasteiger partial charge in [0.05, 0.1) is 0 Å². The molecule has 0 aromatic heterocycles. The predicted molar refractivity (Wildman–Crippen MR) is 482 cm³/mol. The predicted octanol–water partition coefficient (Wildman–Crippen LogP) is 33.0. The number of allylic oxidation sites excluding steroid dienone is 38. The van der Waals surface area contributed by atoms with Gasteiger partial charge in [-0.05, 0) is 394 Å². The van der Waals surface area contributed by atoms with Crippen LogP contribution >= 0.6 is 15.6 Å². The van der Waals surface area contributed by atoms with Gasteiger partial charge in [0.25, 0.3) is 0 Å². The molecule has 2 unspecified atom stereocenters. The SMILES string of the molecule is C/C(=C/CC/C(C)=C/CC/C(C)=C/CC/C(C)=C/CC/C(C)=C/CC/C(C)=C/CCC(C)CCO)CC/C=C(\C)CC/C=C(\C)CC/C=C(\C)CC/C=C(\C)CC/C=C(/C)CC/C=C(\C)CC/C=C(\C)CC/C=C(\C)CC/C=C(\C)CC/C=C(\C)CC/C=C(\C)CC/C=C(/C)CC/C=C(\C)OP(=O)(O)OP(=O)(O)O. The number of aliphatic hydroxyl groups is 1. The third-order valence-electron chi connectivity index (χ3n) is 20.7. The van der Waals surface area contributed by atoms with Crippen molar-refractivity contribution in [1.29, 1.82) is 0 Å². The van der Waals surface area contributed by atoms with E-state index in [-0.39, 0.29) is 5.76 Å². The average molecular weight is 1540 g/mol. The zero-order valence-corrected chi connectivity index (χ0v) is 75.4. The third-order valence-corrected chi connectivity index (χ3v) is 22.9. The zero-order valence-electron chi connectivity index (χ0n) is 73.6. The van der Waals surface area contributed by atoms with Crippen LogP contribution in [0.1, 0.15) is 389 Å². The zero-order chi connectivity index (χ0) is 81.7. The Morgan fingerprint density at radius 1 is 0.239 bits per heavy atom. The fraction of sp³-hybridized carbons (Fsp3) is 0.616. The number of hydrogen-bond acceptors (Lipinski definition) is 5. The summed E-state index contributed by atoms with van der Waals surface area (Å²) in [7, 11) is -10.0. The summed E-state index contributed by atoms with van der Waals surface area (Å²) in [6.45, 7) is 45.0. The lowest BCUT2D eigenvalue weighted by Gasteiger charge is -2.13. The maximum Gasteiger partial charge on any atom is 0.536 e. The van der Waals surface area contributed by atoms with Crippen LogP contribution in [0.2, 0.25) is 0 Å². The van der Waals surface area contributed by atoms with E-state index in [0.717, 1.165) is 238 Å². The van der Waals surface area contributed by atoms with Gasteiger partial charge in [0.15, 0.2) is 0 Å². The quantitative estimate of drug-likeness (QED) is 0.0269. The highest BCUT2D eigenvalue weighted by Crippen LogP contribution is 2.58. The van der Waals surface area contributed by atoms with Crippen molar-refractivity contribution >= 4 is 15.6 Å². The van der Waals surface area contributed by atoms with Crippen LogP contribution in [-0.2, 0) is 18.0 Å². The molecule has 10 heteroatoms. The second-order valence-electron chi connectivity index (χ2n) is 32.7. The first-order chi connectivity index (χ1) is 51.6. The smallest absolute Gasteiger partial charge is 0.409 e. The van der Waals surface area contributed by atoms with Crippen molar-refractivity contribution in [1.82, 2.24) is 0 Å². The van der Waals surface area contributed by atoms with E-state index in [1.807, 2.05) is 6.92 Å². The highest BCUT2D eigenvalue weighted by atomic mass is 31.3. The van der Waals surface area contributed by atoms with Crippen molar-refractivity contribution < 1.29 is 37.8 Å². The van der Waals surface area contributed by atoms with Gasteiger partial charge in [-0.2, -0.15) is 4.31 Å². The van der Waals surface area contributed by atoms with E-state index in [2.05, 4.69) is 238 Å². The molecule has 0 radical (unpaired) electrons. The van der Waals surface area contributed by atoms with Crippen LogP contribution in [0, 0.1) is 5.92 Å². The van der Waals surface area contributed by atoms with E-state index in [9.17, 15) is 14.0 Å². The standard InChI is InChI=1S/C99H164O8P2/c1-80(42-22-43-82(3)46-24-47-84(5)50-26-51-86(7)54-28-55-88(9)58-30-59-90(11)62-32-63-92(13)66-34-67-94(15)70-36-71-96(17)74-38-75-98(19)78-79-100)40-21-41-81(2)44-23-45-83(4)48-25-49-85(6)52-27-53-87(8)56-29-57-89(10)60-31-61-91(12)64-33-65-93(14)68-35-69-95(16)72-37-73-97(18)76-39-77-99(20)106-109(104,105)107-108(101,102)103/h41-42,45-46,49-50,53-54,57-58,61-62,65-66,69-70,73-74,77,98,100H,21-40,43-44,47-48,51-52,55-56,59-60,63-64,67-68,71-72,75-76,78-79H2,1-20H3,(H,104,105)(H2,101,102,103)/b80-42+,81-41+,82-46+,83-45-,84-50+,85-49+,86-54-,87-53+,88-58+,89-57+,90-62+,91-61+,92-66+,93-65+,94-70+,95-69+,96-74+,97-73-,99-77+. The minimum atomic E-state index is -5.15. The number of phosphoric ester groups is 1. The molecule has 0 saturated carbocycles. The number of hydrogen-bond donors (Lipinski definition) is 4. The first-order valence-corrected chi connectivity index (χ1v) is 45.6. The molecule has 2 atom stereocenters. The van der Waals surface area contributed by atoms with E-state index in [1.165, 1.54) is 114 Å². The van der Waals surface area contributed by atoms with Crippen molar-refractivity contribution in [2.45, 2.75) is 389 Å². The summed E-state index contributed by atoms with van der Waals surface area (Å²) >= 11 is 0. The van der Waals surface area contributed by atoms with Gasteiger partial charge < -0.3 is 19.4 Å². The molecule has 0 saturated heterocycles. The van der Waals surface area contributed by atoms with Gasteiger partial charge in [-0.1, -0.05) is 217 Å². The highest BCUT2D eigenvalue weighted by molar-refractivity contribution is 7.60. The molecule has 618 valence electrons. The molecule has 0 aliphatic heterocycles. The molecule has 0 aliphatic rings. The largest absolute Gasteiger partial charge is 0.536 e. The maximum absolute atomic E-state index is 11.7. The van der Waals surface area contributed by atoms with Crippen molar-refractivity contribution in [2.75, 3.05) is 6.61 Å². The topological polar surface area (TPSA) is 134 Å². The van der Waals surface area contributed by atoms with Gasteiger partial charge in [-0.15, -0.1) is 0 Å². The summed E-state index contributed by atoms with van der Waals surface area (Å²) in [6, 6.07) is 0. The van der Waals surface area contributed by atoms with Gasteiger partial charge in [-0.3, -0.25) is 4.89 Å². The highest BCUT2D eigenvalue weighted by Gasteiger charge is 2.33. The van der Waals surface area contributed by atoms with Crippen LogP contribution in [-0.4, -0.2) is 26.4 Å². The van der Waals surface area contributed by atoms with Crippen LogP contribution in [0.25, 0.3) is 0 Å². The van der Waals surface area contributed by atoms with Gasteiger partial charge in [0, 0.05) is 6.61 Å². The van der Waals surface area contributed by atoms with Crippen LogP contribution in [0.15, 0.2) is 222 Å². The summed E-state index contributed by atoms with van der Waals surface area (Å²) in [6.07, 6.45) is 88.1. The molecule has 0 spiro atoms. The van der Waals surface area contributed by atoms with E-state index in [1.54, 1.807) is 6.08 Å². The molecule has 0 amide bonds. The molecule has 8 nitrogen and oxygen atoms in total. The Labute approximate surface area is 672 Å². The summed E-state index contributed by atoms with van der Waals surface area (Å²) in [5.74, 6) is 0.676. The Morgan fingerprint density at radius 2 is 0.376 bits per heavy atom. The number of phosphoric acid groups is 2. The minimum Gasteiger partial charge on any atom is -0.409 e. The molecule has 0 heterocycles. The van der Waals surface area contributed by atoms with Crippen LogP contribution in [0.3, 0.4) is 0 Å². The lowest BCUT2D eigenvalue weighted by molar-refractivity contribution is 0.208. The van der Waals surface area contributed by atoms with Crippen molar-refractivity contribution in [2.24, 2.45) is 5.92 Å². The first kappa shape index (κ1) is 104. The summed E-state index contributed by atoms with van der Waals surface area (Å²) in [4.78, 5) is 27.0. The molecule has 0 bridgehead atoms. The average Bonchev–Trinajstić information content (AvgIpc) is 0.873. The lowest BCUT2D eigenvalue weighted by atomic mass is 10.0. The Bertz CT molecular complexity index is 3290. The fourth-order valence-corrected chi connectivity index (χ4v) is 14.6. The Balaban J connectivity index is 4.38.